The maximum Gasteiger partial charge on any atom is 0.237 e. The molecule has 27 heteroatoms. The van der Waals surface area contributed by atoms with E-state index in [9.17, 15) is 36.3 Å². The maximum absolute atomic E-state index is 14.4. The highest BCUT2D eigenvalue weighted by molar-refractivity contribution is 6.07. The lowest BCUT2D eigenvalue weighted by Crippen LogP contribution is -2.27. The number of pyridine rings is 3. The Balaban J connectivity index is 0.000000124. The van der Waals surface area contributed by atoms with Crippen LogP contribution in [0.2, 0.25) is 0 Å². The molecule has 482 valence electrons. The van der Waals surface area contributed by atoms with Crippen molar-refractivity contribution in [3.05, 3.63) is 195 Å². The molecule has 3 N–H and O–H groups in total. The second-order valence-electron chi connectivity index (χ2n) is 25.4. The standard InChI is InChI=1S/C26H23FN6O.C22H18F2N6O.C21H17F2N7O/c1-26(2)20-19(12-11-15-9-10-15)29-23(30-22(20)31-25(26)34)21-17-7-5-13-28-24(17)33(32-21)14-16-6-3-4-8-18(16)27;1-11-16(24)8-13-17(19-25-9-14-18(27-19)28-21(31)22(14,2)3)29-30(20(13)26-11)10-12-6-4-5-7-15(12)23;1-10-14(23)8-12-15(17-25-18-16(27-28-17)21(2,3)20(31)26-18)29-30(19(12)24-10)9-11-6-4-5-7-13(11)22/h3-8,11-13,15H,9-10,14H2,1-2H3,(H,29,30,31,34);4-9H,10H2,1-3H3,(H,25,27,28,31);4-8H,9H2,1-3H3,(H,25,26,28,31)/b12-11-;;. The molecule has 9 aromatic heterocycles. The number of halogens is 5. The number of benzene rings is 3. The number of rotatable bonds is 11. The van der Waals surface area contributed by atoms with E-state index in [-0.39, 0.29) is 89.4 Å². The molecule has 0 atom stereocenters. The zero-order chi connectivity index (χ0) is 67.3. The van der Waals surface area contributed by atoms with E-state index in [0.717, 1.165) is 16.6 Å². The van der Waals surface area contributed by atoms with Crippen LogP contribution in [0.15, 0.2) is 116 Å². The lowest BCUT2D eigenvalue weighted by Gasteiger charge is -2.16. The average molecular weight is 1300 g/mol. The van der Waals surface area contributed by atoms with Crippen LogP contribution in [-0.2, 0) is 50.3 Å². The van der Waals surface area contributed by atoms with Crippen LogP contribution in [-0.4, -0.2) is 97.1 Å². The number of fused-ring (bicyclic) bond motifs is 6. The van der Waals surface area contributed by atoms with Gasteiger partial charge in [-0.3, -0.25) is 14.4 Å². The number of amides is 3. The first kappa shape index (κ1) is 62.0. The van der Waals surface area contributed by atoms with Crippen molar-refractivity contribution in [1.29, 1.82) is 0 Å². The number of anilines is 3. The van der Waals surface area contributed by atoms with Gasteiger partial charge in [0.15, 0.2) is 34.4 Å². The fourth-order valence-corrected chi connectivity index (χ4v) is 11.6. The predicted molar refractivity (Wildman–Crippen MR) is 346 cm³/mol. The minimum atomic E-state index is -0.856. The monoisotopic (exact) mass is 1300 g/mol. The largest absolute Gasteiger partial charge is 0.310 e. The summed E-state index contributed by atoms with van der Waals surface area (Å²) >= 11 is 0. The topological polar surface area (TPSA) is 270 Å². The fourth-order valence-electron chi connectivity index (χ4n) is 11.6. The number of carbonyl (C=O) groups is 3. The smallest absolute Gasteiger partial charge is 0.237 e. The summed E-state index contributed by atoms with van der Waals surface area (Å²) < 4.78 is 76.1. The lowest BCUT2D eigenvalue weighted by atomic mass is 9.85. The molecule has 1 saturated carbocycles. The molecule has 0 radical (unpaired) electrons. The van der Waals surface area contributed by atoms with Crippen LogP contribution in [0.4, 0.5) is 39.4 Å². The van der Waals surface area contributed by atoms with E-state index in [0.29, 0.717) is 90.4 Å². The first-order valence-corrected chi connectivity index (χ1v) is 30.7. The highest BCUT2D eigenvalue weighted by atomic mass is 19.1. The normalized spacial score (nSPS) is 15.4. The van der Waals surface area contributed by atoms with Gasteiger partial charge in [0, 0.05) is 40.2 Å². The summed E-state index contributed by atoms with van der Waals surface area (Å²) in [7, 11) is 0. The molecule has 0 spiro atoms. The molecule has 0 unspecified atom stereocenters. The molecule has 3 aliphatic heterocycles. The Morgan fingerprint density at radius 1 is 0.490 bits per heavy atom. The van der Waals surface area contributed by atoms with Crippen molar-refractivity contribution in [3.63, 3.8) is 0 Å². The highest BCUT2D eigenvalue weighted by Gasteiger charge is 2.44. The van der Waals surface area contributed by atoms with Gasteiger partial charge < -0.3 is 16.0 Å². The van der Waals surface area contributed by atoms with E-state index in [1.54, 1.807) is 113 Å². The summed E-state index contributed by atoms with van der Waals surface area (Å²) in [4.78, 5) is 73.1. The number of nitrogens with zero attached hydrogens (tertiary/aromatic N) is 16. The van der Waals surface area contributed by atoms with Crippen molar-refractivity contribution in [2.45, 2.75) is 104 Å². The van der Waals surface area contributed by atoms with E-state index in [1.165, 1.54) is 52.5 Å². The number of aryl methyl sites for hydroxylation is 2. The Bertz CT molecular complexity index is 5060. The van der Waals surface area contributed by atoms with Gasteiger partial charge in [0.05, 0.1) is 69.1 Å². The molecule has 96 heavy (non-hydrogen) atoms. The third-order valence-corrected chi connectivity index (χ3v) is 17.5. The van der Waals surface area contributed by atoms with Gasteiger partial charge in [0.25, 0.3) is 0 Å². The van der Waals surface area contributed by atoms with E-state index >= 15 is 0 Å². The molecule has 3 amide bonds. The molecule has 4 aliphatic rings. The first-order valence-electron chi connectivity index (χ1n) is 30.7. The van der Waals surface area contributed by atoms with Crippen molar-refractivity contribution < 1.29 is 36.3 Å². The minimum Gasteiger partial charge on any atom is -0.310 e. The van der Waals surface area contributed by atoms with E-state index in [4.69, 9.17) is 15.1 Å². The minimum absolute atomic E-state index is 0.0867. The summed E-state index contributed by atoms with van der Waals surface area (Å²) in [6, 6.07) is 25.7. The molecule has 3 aromatic carbocycles. The molecule has 0 saturated heterocycles. The fraction of sp³-hybridized carbons (Fsp3) is 0.246. The van der Waals surface area contributed by atoms with E-state index in [2.05, 4.69) is 72.3 Å². The molecule has 1 aliphatic carbocycles. The third-order valence-electron chi connectivity index (χ3n) is 17.5. The summed E-state index contributed by atoms with van der Waals surface area (Å²) in [5.41, 5.74) is 4.50. The van der Waals surface area contributed by atoms with Crippen molar-refractivity contribution in [2.24, 2.45) is 5.92 Å². The molecular formula is C69H58F5N19O3. The Morgan fingerprint density at radius 3 is 1.53 bits per heavy atom. The molecule has 22 nitrogen and oxygen atoms in total. The Morgan fingerprint density at radius 2 is 0.969 bits per heavy atom. The van der Waals surface area contributed by atoms with Crippen LogP contribution in [0, 0.1) is 48.9 Å². The highest BCUT2D eigenvalue weighted by Crippen LogP contribution is 2.43. The Hall–Kier alpha value is -11.5. The summed E-state index contributed by atoms with van der Waals surface area (Å²) in [6.45, 7) is 14.3. The second kappa shape index (κ2) is 23.5. The lowest BCUT2D eigenvalue weighted by molar-refractivity contribution is -0.120. The molecule has 12 heterocycles. The molecule has 12 aromatic rings. The molecule has 16 rings (SSSR count). The van der Waals surface area contributed by atoms with Crippen molar-refractivity contribution in [3.8, 4) is 34.6 Å². The van der Waals surface area contributed by atoms with Crippen LogP contribution < -0.4 is 16.0 Å². The van der Waals surface area contributed by atoms with Gasteiger partial charge in [-0.1, -0.05) is 60.7 Å². The number of carbonyl (C=O) groups excluding carboxylic acids is 3. The van der Waals surface area contributed by atoms with Crippen LogP contribution >= 0.6 is 0 Å². The number of hydrogen-bond donors (Lipinski definition) is 3. The quantitative estimate of drug-likeness (QED) is 0.102. The van der Waals surface area contributed by atoms with Gasteiger partial charge in [-0.05, 0) is 123 Å². The van der Waals surface area contributed by atoms with Crippen molar-refractivity contribution in [2.75, 3.05) is 16.0 Å². The molecule has 0 bridgehead atoms. The summed E-state index contributed by atoms with van der Waals surface area (Å²) in [5.74, 6) is -0.0723. The number of hydrogen-bond acceptors (Lipinski definition) is 16. The van der Waals surface area contributed by atoms with Gasteiger partial charge >= 0.3 is 0 Å². The Kier molecular flexibility index (Phi) is 15.2. The van der Waals surface area contributed by atoms with Gasteiger partial charge in [0.1, 0.15) is 63.5 Å². The van der Waals surface area contributed by atoms with E-state index in [1.807, 2.05) is 32.1 Å². The van der Waals surface area contributed by atoms with E-state index < -0.39 is 27.9 Å². The van der Waals surface area contributed by atoms with Crippen LogP contribution in [0.25, 0.3) is 73.7 Å². The van der Waals surface area contributed by atoms with Crippen LogP contribution in [0.1, 0.15) is 105 Å². The average Bonchev–Trinajstić information content (AvgIpc) is 1.60. The summed E-state index contributed by atoms with van der Waals surface area (Å²) in [5, 5.41) is 32.0. The van der Waals surface area contributed by atoms with Crippen LogP contribution in [0.5, 0.6) is 0 Å². The summed E-state index contributed by atoms with van der Waals surface area (Å²) in [6.07, 6.45) is 9.77. The van der Waals surface area contributed by atoms with Gasteiger partial charge in [0.2, 0.25) is 23.5 Å². The number of nitrogens with one attached hydrogen (secondary N) is 3. The number of allylic oxidation sites excluding steroid dienone is 1. The Labute approximate surface area is 543 Å². The van der Waals surface area contributed by atoms with Crippen molar-refractivity contribution in [1.82, 2.24) is 79.4 Å². The third kappa shape index (κ3) is 11.1. The zero-order valence-electron chi connectivity index (χ0n) is 52.9. The van der Waals surface area contributed by atoms with Gasteiger partial charge in [-0.25, -0.2) is 75.9 Å². The van der Waals surface area contributed by atoms with Gasteiger partial charge in [-0.15, -0.1) is 10.2 Å². The second-order valence-corrected chi connectivity index (χ2v) is 25.4. The van der Waals surface area contributed by atoms with Crippen molar-refractivity contribution >= 4 is 74.4 Å². The number of aromatic nitrogens is 16. The zero-order valence-corrected chi connectivity index (χ0v) is 52.9. The predicted octanol–water partition coefficient (Wildman–Crippen LogP) is 11.6. The first-order chi connectivity index (χ1) is 45.9. The molecular weight excluding hydrogens is 1240 g/mol. The van der Waals surface area contributed by atoms with Gasteiger partial charge in [-0.2, -0.15) is 15.3 Å². The van der Waals surface area contributed by atoms with Crippen LogP contribution in [0.3, 0.4) is 0 Å². The molecule has 1 fully saturated rings. The SMILES string of the molecule is CC1(C)C(=O)Nc2nc(-c3nn(Cc4ccccc4F)c4ncccc34)nc(/C=C\C3CC3)c21.Cc1nc2c(cc1F)c(-c1ncc3c(n1)NC(=O)C3(C)C)nn2Cc1ccccc1F.Cc1nc2c(cc1F)c(-c1nnc3c(n1)NC(=O)C3(C)C)nn2Cc1ccccc1F. The maximum atomic E-state index is 14.4.